The molecular weight excluding hydrogens is 334 g/mol. The first-order chi connectivity index (χ1) is 10.2. The van der Waals surface area contributed by atoms with Crippen molar-refractivity contribution >= 4 is 27.0 Å². The summed E-state index contributed by atoms with van der Waals surface area (Å²) in [6.07, 6.45) is 3.32. The first-order valence-electron chi connectivity index (χ1n) is 6.35. The lowest BCUT2D eigenvalue weighted by molar-refractivity contribution is 0.486. The van der Waals surface area contributed by atoms with Gasteiger partial charge in [-0.15, -0.1) is 0 Å². The van der Waals surface area contributed by atoms with Crippen LogP contribution in [0.15, 0.2) is 41.5 Å². The van der Waals surface area contributed by atoms with Gasteiger partial charge >= 0.3 is 0 Å². The van der Waals surface area contributed by atoms with Crippen LogP contribution in [0.5, 0.6) is 11.5 Å². The van der Waals surface area contributed by atoms with Crippen LogP contribution >= 0.6 is 15.9 Å². The topological polar surface area (TPSA) is 67.9 Å². The second kappa shape index (κ2) is 5.65. The van der Waals surface area contributed by atoms with Gasteiger partial charge in [0.25, 0.3) is 5.56 Å². The lowest BCUT2D eigenvalue weighted by Gasteiger charge is -2.10. The Balaban J connectivity index is 2.19. The number of nitrogens with one attached hydrogen (secondary N) is 1. The van der Waals surface area contributed by atoms with Crippen LogP contribution in [-0.4, -0.2) is 15.0 Å². The monoisotopic (exact) mass is 345 g/mol. The van der Waals surface area contributed by atoms with Gasteiger partial charge in [-0.25, -0.2) is 4.98 Å². The van der Waals surface area contributed by atoms with Crippen LogP contribution < -0.4 is 10.3 Å². The molecule has 106 valence electrons. The predicted molar refractivity (Wildman–Crippen MR) is 84.0 cm³/mol. The summed E-state index contributed by atoms with van der Waals surface area (Å²) in [5.74, 6) is 1.27. The van der Waals surface area contributed by atoms with Gasteiger partial charge in [-0.05, 0) is 36.8 Å². The molecule has 0 fully saturated rings. The normalized spacial score (nSPS) is 10.8. The van der Waals surface area contributed by atoms with Crippen molar-refractivity contribution in [1.29, 1.82) is 0 Å². The second-order valence-electron chi connectivity index (χ2n) is 4.56. The SMILES string of the molecule is Cc1nc2c(Oc3ccncc3)cc(CBr)cc2[nH]c1=O. The van der Waals surface area contributed by atoms with E-state index in [1.165, 1.54) is 0 Å². The van der Waals surface area contributed by atoms with Gasteiger partial charge < -0.3 is 9.72 Å². The maximum Gasteiger partial charge on any atom is 0.269 e. The quantitative estimate of drug-likeness (QED) is 0.739. The zero-order chi connectivity index (χ0) is 14.8. The number of hydrogen-bond acceptors (Lipinski definition) is 4. The van der Waals surface area contributed by atoms with E-state index in [-0.39, 0.29) is 5.56 Å². The van der Waals surface area contributed by atoms with Crippen LogP contribution in [0.25, 0.3) is 11.0 Å². The first kappa shape index (κ1) is 13.8. The number of pyridine rings is 1. The molecule has 0 radical (unpaired) electrons. The molecule has 0 unspecified atom stereocenters. The number of fused-ring (bicyclic) bond motifs is 1. The minimum Gasteiger partial charge on any atom is -0.455 e. The van der Waals surface area contributed by atoms with Crippen molar-refractivity contribution in [3.05, 3.63) is 58.3 Å². The minimum absolute atomic E-state index is 0.191. The lowest BCUT2D eigenvalue weighted by atomic mass is 10.2. The Morgan fingerprint density at radius 2 is 2.05 bits per heavy atom. The molecule has 0 aliphatic carbocycles. The van der Waals surface area contributed by atoms with Crippen molar-refractivity contribution in [2.24, 2.45) is 0 Å². The van der Waals surface area contributed by atoms with Gasteiger partial charge in [-0.2, -0.15) is 0 Å². The third-order valence-corrected chi connectivity index (χ3v) is 3.67. The Morgan fingerprint density at radius 1 is 1.29 bits per heavy atom. The van der Waals surface area contributed by atoms with Crippen LogP contribution in [0, 0.1) is 6.92 Å². The summed E-state index contributed by atoms with van der Waals surface area (Å²) in [6, 6.07) is 7.33. The molecule has 6 heteroatoms. The fraction of sp³-hybridized carbons (Fsp3) is 0.133. The van der Waals surface area contributed by atoms with Gasteiger partial charge in [0.2, 0.25) is 0 Å². The smallest absolute Gasteiger partial charge is 0.269 e. The fourth-order valence-electron chi connectivity index (χ4n) is 1.99. The van der Waals surface area contributed by atoms with E-state index < -0.39 is 0 Å². The number of ether oxygens (including phenoxy) is 1. The minimum atomic E-state index is -0.191. The third-order valence-electron chi connectivity index (χ3n) is 3.02. The van der Waals surface area contributed by atoms with Gasteiger partial charge in [0, 0.05) is 17.7 Å². The van der Waals surface area contributed by atoms with Crippen LogP contribution in [-0.2, 0) is 5.33 Å². The zero-order valence-electron chi connectivity index (χ0n) is 11.3. The largest absolute Gasteiger partial charge is 0.455 e. The Kier molecular flexibility index (Phi) is 3.70. The number of halogens is 1. The number of aromatic nitrogens is 3. The molecule has 3 rings (SSSR count). The summed E-state index contributed by atoms with van der Waals surface area (Å²) in [4.78, 5) is 22.9. The van der Waals surface area contributed by atoms with E-state index in [0.29, 0.717) is 33.6 Å². The van der Waals surface area contributed by atoms with Crippen molar-refractivity contribution in [2.45, 2.75) is 12.3 Å². The average Bonchev–Trinajstić information content (AvgIpc) is 2.50. The van der Waals surface area contributed by atoms with Crippen molar-refractivity contribution in [1.82, 2.24) is 15.0 Å². The van der Waals surface area contributed by atoms with Gasteiger partial charge in [-0.3, -0.25) is 9.78 Å². The number of alkyl halides is 1. The molecule has 0 amide bonds. The third kappa shape index (κ3) is 2.80. The molecule has 3 aromatic rings. The van der Waals surface area contributed by atoms with Crippen LogP contribution in [0.1, 0.15) is 11.3 Å². The van der Waals surface area contributed by atoms with E-state index in [4.69, 9.17) is 4.74 Å². The highest BCUT2D eigenvalue weighted by Gasteiger charge is 2.10. The van der Waals surface area contributed by atoms with Crippen molar-refractivity contribution in [3.63, 3.8) is 0 Å². The molecule has 1 aromatic carbocycles. The zero-order valence-corrected chi connectivity index (χ0v) is 12.8. The molecular formula is C15H12BrN3O2. The van der Waals surface area contributed by atoms with Crippen LogP contribution in [0.2, 0.25) is 0 Å². The summed E-state index contributed by atoms with van der Waals surface area (Å²) in [5.41, 5.74) is 2.51. The molecule has 5 nitrogen and oxygen atoms in total. The van der Waals surface area contributed by atoms with Gasteiger partial charge in [0.15, 0.2) is 5.75 Å². The van der Waals surface area contributed by atoms with Crippen molar-refractivity contribution in [2.75, 3.05) is 0 Å². The standard InChI is InChI=1S/C15H12BrN3O2/c1-9-15(20)19-12-6-10(8-16)7-13(14(12)18-9)21-11-2-4-17-5-3-11/h2-7H,8H2,1H3,(H,19,20). The van der Waals surface area contributed by atoms with E-state index in [9.17, 15) is 4.79 Å². The van der Waals surface area contributed by atoms with Crippen LogP contribution in [0.4, 0.5) is 0 Å². The average molecular weight is 346 g/mol. The molecule has 0 saturated heterocycles. The number of H-pyrrole nitrogens is 1. The number of nitrogens with zero attached hydrogens (tertiary/aromatic N) is 2. The molecule has 2 aromatic heterocycles. The fourth-order valence-corrected chi connectivity index (χ4v) is 2.32. The first-order valence-corrected chi connectivity index (χ1v) is 7.47. The summed E-state index contributed by atoms with van der Waals surface area (Å²) in [5, 5.41) is 0.658. The Bertz CT molecular complexity index is 847. The number of hydrogen-bond donors (Lipinski definition) is 1. The number of benzene rings is 1. The Labute approximate surface area is 129 Å². The Hall–Kier alpha value is -2.21. The molecule has 2 heterocycles. The van der Waals surface area contributed by atoms with Gasteiger partial charge in [0.1, 0.15) is 17.0 Å². The summed E-state index contributed by atoms with van der Waals surface area (Å²) in [6.45, 7) is 1.67. The van der Waals surface area contributed by atoms with Crippen molar-refractivity contribution < 1.29 is 4.74 Å². The summed E-state index contributed by atoms with van der Waals surface area (Å²) in [7, 11) is 0. The molecule has 0 bridgehead atoms. The van der Waals surface area contributed by atoms with E-state index >= 15 is 0 Å². The molecule has 0 spiro atoms. The maximum absolute atomic E-state index is 11.7. The van der Waals surface area contributed by atoms with Crippen LogP contribution in [0.3, 0.4) is 0 Å². The molecule has 0 atom stereocenters. The molecule has 21 heavy (non-hydrogen) atoms. The van der Waals surface area contributed by atoms with E-state index in [0.717, 1.165) is 5.56 Å². The molecule has 0 aliphatic rings. The van der Waals surface area contributed by atoms with E-state index in [2.05, 4.69) is 30.9 Å². The summed E-state index contributed by atoms with van der Waals surface area (Å²) < 4.78 is 5.88. The highest BCUT2D eigenvalue weighted by Crippen LogP contribution is 2.29. The molecule has 1 N–H and O–H groups in total. The van der Waals surface area contributed by atoms with Crippen molar-refractivity contribution in [3.8, 4) is 11.5 Å². The van der Waals surface area contributed by atoms with Gasteiger partial charge in [0.05, 0.1) is 5.52 Å². The number of aryl methyl sites for hydroxylation is 1. The predicted octanol–water partition coefficient (Wildman–Crippen LogP) is 3.31. The van der Waals surface area contributed by atoms with E-state index in [1.807, 2.05) is 12.1 Å². The van der Waals surface area contributed by atoms with E-state index in [1.54, 1.807) is 31.5 Å². The summed E-state index contributed by atoms with van der Waals surface area (Å²) >= 11 is 3.42. The van der Waals surface area contributed by atoms with Gasteiger partial charge in [-0.1, -0.05) is 15.9 Å². The molecule has 0 aliphatic heterocycles. The Morgan fingerprint density at radius 3 is 2.76 bits per heavy atom. The number of rotatable bonds is 3. The highest BCUT2D eigenvalue weighted by atomic mass is 79.9. The lowest BCUT2D eigenvalue weighted by Crippen LogP contribution is -2.12. The highest BCUT2D eigenvalue weighted by molar-refractivity contribution is 9.08. The maximum atomic E-state index is 11.7. The second-order valence-corrected chi connectivity index (χ2v) is 5.12. The number of aromatic amines is 1. The molecule has 0 saturated carbocycles.